The van der Waals surface area contributed by atoms with Crippen LogP contribution in [0.3, 0.4) is 0 Å². The fourth-order valence-electron chi connectivity index (χ4n) is 1.76. The molecule has 0 heterocycles. The number of ether oxygens (including phenoxy) is 1. The molecular formula is C15H22N2O3S. The van der Waals surface area contributed by atoms with Gasteiger partial charge in [0.1, 0.15) is 5.75 Å². The Morgan fingerprint density at radius 3 is 2.71 bits per heavy atom. The second-order valence-electron chi connectivity index (χ2n) is 4.47. The molecule has 21 heavy (non-hydrogen) atoms. The summed E-state index contributed by atoms with van der Waals surface area (Å²) >= 11 is 0. The number of methoxy groups -OCH3 is 1. The molecule has 0 amide bonds. The Morgan fingerprint density at radius 1 is 1.33 bits per heavy atom. The molecule has 1 aromatic rings. The highest BCUT2D eigenvalue weighted by molar-refractivity contribution is 7.89. The van der Waals surface area contributed by atoms with Gasteiger partial charge in [-0.3, -0.25) is 0 Å². The van der Waals surface area contributed by atoms with Crippen molar-refractivity contribution in [1.82, 2.24) is 4.72 Å². The minimum absolute atomic E-state index is 0.182. The van der Waals surface area contributed by atoms with Crippen molar-refractivity contribution in [2.75, 3.05) is 20.2 Å². The number of hydrogen-bond donors (Lipinski definition) is 2. The van der Waals surface area contributed by atoms with Gasteiger partial charge in [0.2, 0.25) is 10.0 Å². The number of sulfonamides is 1. The van der Waals surface area contributed by atoms with E-state index in [1.54, 1.807) is 6.07 Å². The summed E-state index contributed by atoms with van der Waals surface area (Å²) in [6, 6.07) is 4.61. The van der Waals surface area contributed by atoms with Crippen molar-refractivity contribution in [3.8, 4) is 17.6 Å². The molecule has 0 aliphatic heterocycles. The van der Waals surface area contributed by atoms with E-state index in [0.717, 1.165) is 19.3 Å². The average molecular weight is 310 g/mol. The number of rotatable bonds is 7. The Morgan fingerprint density at radius 2 is 2.10 bits per heavy atom. The maximum absolute atomic E-state index is 12.2. The van der Waals surface area contributed by atoms with E-state index in [4.69, 9.17) is 10.5 Å². The van der Waals surface area contributed by atoms with Gasteiger partial charge in [0.25, 0.3) is 0 Å². The molecule has 116 valence electrons. The van der Waals surface area contributed by atoms with Crippen LogP contribution < -0.4 is 15.2 Å². The van der Waals surface area contributed by atoms with Gasteiger partial charge in [0, 0.05) is 6.54 Å². The first-order valence-corrected chi connectivity index (χ1v) is 8.40. The lowest BCUT2D eigenvalue weighted by Gasteiger charge is -2.09. The van der Waals surface area contributed by atoms with Crippen molar-refractivity contribution in [2.24, 2.45) is 5.73 Å². The van der Waals surface area contributed by atoms with E-state index in [1.165, 1.54) is 19.2 Å². The number of unbranched alkanes of at least 4 members (excludes halogenated alkanes) is 2. The molecule has 5 nitrogen and oxygen atoms in total. The van der Waals surface area contributed by atoms with Crippen LogP contribution in [-0.4, -0.2) is 28.6 Å². The molecule has 0 radical (unpaired) electrons. The summed E-state index contributed by atoms with van der Waals surface area (Å²) in [4.78, 5) is 0.182. The second kappa shape index (κ2) is 8.67. The fourth-order valence-corrected chi connectivity index (χ4v) is 2.86. The molecular weight excluding hydrogens is 288 g/mol. The minimum Gasteiger partial charge on any atom is -0.495 e. The van der Waals surface area contributed by atoms with Crippen LogP contribution in [0.4, 0.5) is 0 Å². The highest BCUT2D eigenvalue weighted by Gasteiger charge is 2.15. The van der Waals surface area contributed by atoms with E-state index in [0.29, 0.717) is 17.9 Å². The molecule has 3 N–H and O–H groups in total. The highest BCUT2D eigenvalue weighted by atomic mass is 32.2. The molecule has 0 unspecified atom stereocenters. The number of nitrogens with two attached hydrogens (primary N) is 1. The van der Waals surface area contributed by atoms with Crippen molar-refractivity contribution in [3.63, 3.8) is 0 Å². The van der Waals surface area contributed by atoms with Crippen LogP contribution in [0.15, 0.2) is 23.1 Å². The number of hydrogen-bond acceptors (Lipinski definition) is 4. The summed E-state index contributed by atoms with van der Waals surface area (Å²) in [5.74, 6) is 6.05. The molecule has 0 aliphatic carbocycles. The van der Waals surface area contributed by atoms with Gasteiger partial charge in [-0.25, -0.2) is 13.1 Å². The van der Waals surface area contributed by atoms with Gasteiger partial charge in [0.15, 0.2) is 0 Å². The van der Waals surface area contributed by atoms with E-state index in [-0.39, 0.29) is 11.4 Å². The normalized spacial score (nSPS) is 10.8. The van der Waals surface area contributed by atoms with E-state index in [1.807, 2.05) is 0 Å². The summed E-state index contributed by atoms with van der Waals surface area (Å²) in [5.41, 5.74) is 5.85. The summed E-state index contributed by atoms with van der Waals surface area (Å²) < 4.78 is 32.1. The maximum atomic E-state index is 12.2. The van der Waals surface area contributed by atoms with Gasteiger partial charge in [0.05, 0.1) is 24.1 Å². The third-order valence-electron chi connectivity index (χ3n) is 2.88. The summed E-state index contributed by atoms with van der Waals surface area (Å²) in [6.45, 7) is 2.71. The largest absolute Gasteiger partial charge is 0.495 e. The predicted octanol–water partition coefficient (Wildman–Crippen LogP) is 1.47. The van der Waals surface area contributed by atoms with Crippen molar-refractivity contribution in [3.05, 3.63) is 23.8 Å². The molecule has 6 heteroatoms. The molecule has 0 spiro atoms. The first kappa shape index (κ1) is 17.5. The summed E-state index contributed by atoms with van der Waals surface area (Å²) in [6.07, 6.45) is 2.87. The highest BCUT2D eigenvalue weighted by Crippen LogP contribution is 2.21. The Balaban J connectivity index is 2.96. The molecule has 0 bridgehead atoms. The predicted molar refractivity (Wildman–Crippen MR) is 83.6 cm³/mol. The summed E-state index contributed by atoms with van der Waals surface area (Å²) in [5, 5.41) is 0. The van der Waals surface area contributed by atoms with Crippen LogP contribution in [0, 0.1) is 11.8 Å². The van der Waals surface area contributed by atoms with Crippen LogP contribution in [-0.2, 0) is 10.0 Å². The van der Waals surface area contributed by atoms with Crippen molar-refractivity contribution in [1.29, 1.82) is 0 Å². The van der Waals surface area contributed by atoms with Crippen LogP contribution in [0.25, 0.3) is 0 Å². The molecule has 0 saturated heterocycles. The van der Waals surface area contributed by atoms with E-state index in [9.17, 15) is 8.42 Å². The van der Waals surface area contributed by atoms with E-state index < -0.39 is 10.0 Å². The molecule has 0 aromatic heterocycles. The lowest BCUT2D eigenvalue weighted by atomic mass is 10.2. The third kappa shape index (κ3) is 5.38. The van der Waals surface area contributed by atoms with Gasteiger partial charge >= 0.3 is 0 Å². The number of nitrogens with one attached hydrogen (secondary N) is 1. The minimum atomic E-state index is -3.52. The van der Waals surface area contributed by atoms with Gasteiger partial charge in [-0.1, -0.05) is 31.6 Å². The molecule has 0 saturated carbocycles. The lowest BCUT2D eigenvalue weighted by molar-refractivity contribution is 0.413. The first-order chi connectivity index (χ1) is 10.0. The Hall–Kier alpha value is -1.55. The fraction of sp³-hybridized carbons (Fsp3) is 0.467. The molecule has 0 aliphatic rings. The quantitative estimate of drug-likeness (QED) is 0.590. The first-order valence-electron chi connectivity index (χ1n) is 6.91. The Labute approximate surface area is 126 Å². The van der Waals surface area contributed by atoms with Crippen molar-refractivity contribution < 1.29 is 13.2 Å². The standard InChI is InChI=1S/C15H22N2O3S/c1-3-4-5-11-17-21(18,19)14-8-9-15(20-2)13(12-14)7-6-10-16/h8-9,12,17H,3-5,10-11,16H2,1-2H3. The van der Waals surface area contributed by atoms with Gasteiger partial charge in [-0.15, -0.1) is 0 Å². The zero-order valence-corrected chi connectivity index (χ0v) is 13.3. The van der Waals surface area contributed by atoms with Crippen LogP contribution in [0.2, 0.25) is 0 Å². The average Bonchev–Trinajstić information content (AvgIpc) is 2.49. The topological polar surface area (TPSA) is 81.4 Å². The second-order valence-corrected chi connectivity index (χ2v) is 6.24. The SMILES string of the molecule is CCCCCNS(=O)(=O)c1ccc(OC)c(C#CCN)c1. The van der Waals surface area contributed by atoms with Crippen LogP contribution in [0.5, 0.6) is 5.75 Å². The Kier molecular flexibility index (Phi) is 7.23. The van der Waals surface area contributed by atoms with Gasteiger partial charge in [-0.2, -0.15) is 0 Å². The van der Waals surface area contributed by atoms with Crippen molar-refractivity contribution >= 4 is 10.0 Å². The zero-order chi connectivity index (χ0) is 15.7. The van der Waals surface area contributed by atoms with E-state index in [2.05, 4.69) is 23.5 Å². The van der Waals surface area contributed by atoms with Gasteiger partial charge < -0.3 is 10.5 Å². The van der Waals surface area contributed by atoms with Crippen LogP contribution >= 0.6 is 0 Å². The van der Waals surface area contributed by atoms with Crippen LogP contribution in [0.1, 0.15) is 31.7 Å². The van der Waals surface area contributed by atoms with E-state index >= 15 is 0 Å². The smallest absolute Gasteiger partial charge is 0.240 e. The summed E-state index contributed by atoms with van der Waals surface area (Å²) in [7, 11) is -2.00. The number of benzene rings is 1. The lowest BCUT2D eigenvalue weighted by Crippen LogP contribution is -2.24. The molecule has 1 rings (SSSR count). The zero-order valence-electron chi connectivity index (χ0n) is 12.5. The van der Waals surface area contributed by atoms with Crippen molar-refractivity contribution in [2.45, 2.75) is 31.1 Å². The molecule has 0 fully saturated rings. The molecule has 1 aromatic carbocycles. The van der Waals surface area contributed by atoms with Gasteiger partial charge in [-0.05, 0) is 24.6 Å². The Bertz CT molecular complexity index is 616. The maximum Gasteiger partial charge on any atom is 0.240 e. The third-order valence-corrected chi connectivity index (χ3v) is 4.34. The monoisotopic (exact) mass is 310 g/mol. The molecule has 0 atom stereocenters.